The lowest BCUT2D eigenvalue weighted by Crippen LogP contribution is -3.12. The van der Waals surface area contributed by atoms with Gasteiger partial charge in [-0.05, 0) is 49.7 Å². The van der Waals surface area contributed by atoms with Crippen molar-refractivity contribution in [1.29, 1.82) is 0 Å². The fourth-order valence-electron chi connectivity index (χ4n) is 4.67. The smallest absolute Gasteiger partial charge is 0.416 e. The van der Waals surface area contributed by atoms with Gasteiger partial charge in [-0.2, -0.15) is 31.2 Å². The molecule has 1 aliphatic heterocycles. The molecule has 0 aliphatic carbocycles. The number of hydrogen-bond donors (Lipinski definition) is 1. The van der Waals surface area contributed by atoms with E-state index in [-0.39, 0.29) is 39.8 Å². The average molecular weight is 661 g/mol. The first-order chi connectivity index (χ1) is 21.0. The maximum Gasteiger partial charge on any atom is 0.416 e. The van der Waals surface area contributed by atoms with Crippen molar-refractivity contribution in [3.63, 3.8) is 0 Å². The Balaban J connectivity index is 1.85. The van der Waals surface area contributed by atoms with Crippen molar-refractivity contribution in [2.45, 2.75) is 37.6 Å². The molecule has 2 heterocycles. The van der Waals surface area contributed by atoms with Gasteiger partial charge in [0.1, 0.15) is 11.9 Å². The molecule has 45 heavy (non-hydrogen) atoms. The fraction of sp³-hybridized carbons (Fsp3) is 0.357. The molecule has 0 spiro atoms. The van der Waals surface area contributed by atoms with Gasteiger partial charge < -0.3 is 14.2 Å². The molecule has 10 nitrogen and oxygen atoms in total. The van der Waals surface area contributed by atoms with Crippen LogP contribution in [0.4, 0.5) is 32.0 Å². The number of aryl methyl sites for hydroxylation is 1. The second-order valence-electron chi connectivity index (χ2n) is 9.99. The summed E-state index contributed by atoms with van der Waals surface area (Å²) < 4.78 is 126. The maximum absolute atomic E-state index is 13.8. The number of amidine groups is 2. The summed E-state index contributed by atoms with van der Waals surface area (Å²) in [6.45, 7) is 3.10. The number of nitrogens with zero attached hydrogens (tertiary/aromatic N) is 4. The van der Waals surface area contributed by atoms with Crippen molar-refractivity contribution < 1.29 is 53.9 Å². The third-order valence-corrected chi connectivity index (χ3v) is 9.03. The van der Waals surface area contributed by atoms with E-state index in [1.54, 1.807) is 6.92 Å². The molecule has 0 amide bonds. The lowest BCUT2D eigenvalue weighted by Gasteiger charge is -2.24. The SMILES string of the molecule is COc1cccc(OC)c1[NH+]1C(CS(=O)(=O)[C@@H](C)[C@H](OC)c2ncc(C)cn2)=NN=C1c1cc(C(F)(F)F)cc(C(F)(F)F)c1. The Morgan fingerprint density at radius 3 is 1.87 bits per heavy atom. The summed E-state index contributed by atoms with van der Waals surface area (Å²) in [6, 6.07) is 5.40. The summed E-state index contributed by atoms with van der Waals surface area (Å²) in [5.41, 5.74) is -3.03. The van der Waals surface area contributed by atoms with E-state index in [9.17, 15) is 34.8 Å². The zero-order valence-corrected chi connectivity index (χ0v) is 25.3. The quantitative estimate of drug-likeness (QED) is 0.322. The molecule has 0 radical (unpaired) electrons. The number of methoxy groups -OCH3 is 3. The van der Waals surface area contributed by atoms with Gasteiger partial charge in [-0.15, -0.1) is 0 Å². The van der Waals surface area contributed by atoms with Crippen LogP contribution < -0.4 is 14.4 Å². The number of aromatic nitrogens is 2. The standard InChI is InChI=1S/C28H27F6N5O5S/c1-15-12-35-25(36-13-15)24(44-5)16(2)45(40,41)14-22-37-38-26(39(22)23-20(42-3)7-6-8-21(23)43-4)17-9-18(27(29,30)31)11-19(10-17)28(32,33)34/h6-13,16,24H,14H2,1-5H3/p+1/t16-,24-/m0/s1. The molecule has 1 N–H and O–H groups in total. The van der Waals surface area contributed by atoms with Crippen LogP contribution in [0.1, 0.15) is 41.1 Å². The minimum atomic E-state index is -5.15. The van der Waals surface area contributed by atoms with Gasteiger partial charge in [-0.1, -0.05) is 16.3 Å². The predicted octanol–water partition coefficient (Wildman–Crippen LogP) is 4.32. The Kier molecular flexibility index (Phi) is 9.56. The van der Waals surface area contributed by atoms with Gasteiger partial charge in [-0.3, -0.25) is 0 Å². The molecular weight excluding hydrogens is 632 g/mol. The molecule has 17 heteroatoms. The first-order valence-corrected chi connectivity index (χ1v) is 14.8. The Bertz CT molecular complexity index is 1670. The predicted molar refractivity (Wildman–Crippen MR) is 150 cm³/mol. The number of sulfone groups is 1. The van der Waals surface area contributed by atoms with E-state index in [1.807, 2.05) is 0 Å². The van der Waals surface area contributed by atoms with Crippen LogP contribution in [-0.2, 0) is 26.9 Å². The summed E-state index contributed by atoms with van der Waals surface area (Å²) in [5, 5.41) is 6.61. The normalized spacial score (nSPS) is 17.0. The molecule has 0 fully saturated rings. The van der Waals surface area contributed by atoms with Crippen molar-refractivity contribution in [3.05, 3.63) is 76.9 Å². The second-order valence-corrected chi connectivity index (χ2v) is 12.3. The van der Waals surface area contributed by atoms with Crippen LogP contribution in [0.2, 0.25) is 0 Å². The fourth-order valence-corrected chi connectivity index (χ4v) is 6.12. The number of ether oxygens (including phenoxy) is 3. The van der Waals surface area contributed by atoms with Crippen LogP contribution in [0.15, 0.2) is 59.0 Å². The summed E-state index contributed by atoms with van der Waals surface area (Å²) in [7, 11) is -0.409. The molecule has 3 aromatic rings. The minimum Gasteiger partial charge on any atom is -0.491 e. The van der Waals surface area contributed by atoms with E-state index in [0.717, 1.165) is 5.56 Å². The van der Waals surface area contributed by atoms with E-state index in [1.165, 1.54) is 58.8 Å². The average Bonchev–Trinajstić information content (AvgIpc) is 3.38. The van der Waals surface area contributed by atoms with Crippen molar-refractivity contribution >= 4 is 27.2 Å². The summed E-state index contributed by atoms with van der Waals surface area (Å²) in [4.78, 5) is 8.13. The van der Waals surface area contributed by atoms with Crippen LogP contribution in [0, 0.1) is 6.92 Å². The summed E-state index contributed by atoms with van der Waals surface area (Å²) in [5.74, 6) is -1.33. The van der Waals surface area contributed by atoms with Crippen LogP contribution in [0.3, 0.4) is 0 Å². The van der Waals surface area contributed by atoms with Crippen LogP contribution in [0.5, 0.6) is 11.5 Å². The molecule has 0 saturated carbocycles. The summed E-state index contributed by atoms with van der Waals surface area (Å²) in [6.07, 6.45) is -8.45. The van der Waals surface area contributed by atoms with Gasteiger partial charge in [0.25, 0.3) is 5.84 Å². The number of para-hydroxylation sites is 1. The molecule has 0 saturated heterocycles. The number of benzene rings is 2. The van der Waals surface area contributed by atoms with Crippen molar-refractivity contribution in [1.82, 2.24) is 9.97 Å². The zero-order chi connectivity index (χ0) is 33.3. The molecule has 242 valence electrons. The molecule has 0 bridgehead atoms. The number of hydrogen-bond acceptors (Lipinski definition) is 9. The van der Waals surface area contributed by atoms with E-state index in [4.69, 9.17) is 14.2 Å². The second kappa shape index (κ2) is 12.7. The van der Waals surface area contributed by atoms with E-state index < -0.39 is 61.8 Å². The van der Waals surface area contributed by atoms with Crippen molar-refractivity contribution in [3.8, 4) is 11.5 Å². The molecule has 1 unspecified atom stereocenters. The first kappa shape index (κ1) is 33.8. The Hall–Kier alpha value is -4.09. The maximum atomic E-state index is 13.8. The van der Waals surface area contributed by atoms with Crippen LogP contribution >= 0.6 is 0 Å². The highest BCUT2D eigenvalue weighted by Crippen LogP contribution is 2.37. The van der Waals surface area contributed by atoms with Gasteiger partial charge in [0.2, 0.25) is 11.5 Å². The third-order valence-electron chi connectivity index (χ3n) is 6.98. The number of nitrogens with one attached hydrogen (secondary N) is 1. The number of quaternary nitrogens is 1. The lowest BCUT2D eigenvalue weighted by atomic mass is 10.0. The zero-order valence-electron chi connectivity index (χ0n) is 24.5. The van der Waals surface area contributed by atoms with Gasteiger partial charge in [-0.25, -0.2) is 18.4 Å². The van der Waals surface area contributed by atoms with Gasteiger partial charge in [0.05, 0.1) is 36.2 Å². The molecular formula is C28H28F6N5O5S+. The van der Waals surface area contributed by atoms with Gasteiger partial charge in [0, 0.05) is 19.5 Å². The summed E-state index contributed by atoms with van der Waals surface area (Å²) >= 11 is 0. The van der Waals surface area contributed by atoms with Crippen LogP contribution in [-0.4, -0.2) is 62.4 Å². The Morgan fingerprint density at radius 2 is 1.40 bits per heavy atom. The molecule has 1 aromatic heterocycles. The molecule has 1 aliphatic rings. The van der Waals surface area contributed by atoms with E-state index in [2.05, 4.69) is 20.2 Å². The first-order valence-electron chi connectivity index (χ1n) is 13.1. The van der Waals surface area contributed by atoms with Crippen molar-refractivity contribution in [2.75, 3.05) is 27.1 Å². The van der Waals surface area contributed by atoms with Crippen LogP contribution in [0.25, 0.3) is 0 Å². The minimum absolute atomic E-state index is 0.0195. The molecule has 2 aromatic carbocycles. The van der Waals surface area contributed by atoms with Gasteiger partial charge in [0.15, 0.2) is 27.2 Å². The Labute approximate surface area is 254 Å². The highest BCUT2D eigenvalue weighted by atomic mass is 32.2. The largest absolute Gasteiger partial charge is 0.491 e. The van der Waals surface area contributed by atoms with E-state index >= 15 is 0 Å². The van der Waals surface area contributed by atoms with Gasteiger partial charge >= 0.3 is 12.4 Å². The number of alkyl halides is 6. The van der Waals surface area contributed by atoms with Crippen molar-refractivity contribution in [2.24, 2.45) is 10.2 Å². The topological polar surface area (TPSA) is 117 Å². The Morgan fingerprint density at radius 1 is 0.867 bits per heavy atom. The lowest BCUT2D eigenvalue weighted by molar-refractivity contribution is -0.615. The molecule has 3 atom stereocenters. The highest BCUT2D eigenvalue weighted by molar-refractivity contribution is 7.92. The van der Waals surface area contributed by atoms with E-state index in [0.29, 0.717) is 12.1 Å². The molecule has 4 rings (SSSR count). The monoisotopic (exact) mass is 660 g/mol. The number of rotatable bonds is 10. The number of halogens is 6. The highest BCUT2D eigenvalue weighted by Gasteiger charge is 2.45. The third kappa shape index (κ3) is 7.10.